The standard InChI is InChI=1S/C12H11NOS/c13-15(14,11-7-3-1-4-8-11)12-9-5-2-6-10-12/h1-10,13H. The fourth-order valence-electron chi connectivity index (χ4n) is 1.36. The molecule has 2 nitrogen and oxygen atoms in total. The molecule has 0 radical (unpaired) electrons. The molecule has 0 fully saturated rings. The maximum Gasteiger partial charge on any atom is 0.101 e. The van der Waals surface area contributed by atoms with Crippen LogP contribution in [0.1, 0.15) is 0 Å². The van der Waals surface area contributed by atoms with E-state index in [1.165, 1.54) is 0 Å². The Morgan fingerprint density at radius 3 is 1.40 bits per heavy atom. The van der Waals surface area contributed by atoms with Crippen molar-refractivity contribution in [3.05, 3.63) is 60.7 Å². The van der Waals surface area contributed by atoms with Crippen molar-refractivity contribution in [1.82, 2.24) is 0 Å². The van der Waals surface area contributed by atoms with Gasteiger partial charge in [-0.1, -0.05) is 36.4 Å². The highest BCUT2D eigenvalue weighted by molar-refractivity contribution is 7.92. The largest absolute Gasteiger partial charge is 0.245 e. The molecule has 2 aromatic carbocycles. The fraction of sp³-hybridized carbons (Fsp3) is 0. The van der Waals surface area contributed by atoms with E-state index < -0.39 is 9.73 Å². The first kappa shape index (κ1) is 9.93. The third kappa shape index (κ3) is 1.92. The molecule has 0 aliphatic heterocycles. The molecule has 3 heteroatoms. The molecule has 0 aliphatic rings. The van der Waals surface area contributed by atoms with Crippen LogP contribution in [-0.2, 0) is 9.73 Å². The average molecular weight is 217 g/mol. The molecule has 0 saturated heterocycles. The van der Waals surface area contributed by atoms with Crippen molar-refractivity contribution in [2.24, 2.45) is 0 Å². The second-order valence-corrected chi connectivity index (χ2v) is 5.24. The van der Waals surface area contributed by atoms with Crippen LogP contribution in [0.15, 0.2) is 70.5 Å². The molecule has 15 heavy (non-hydrogen) atoms. The smallest absolute Gasteiger partial charge is 0.101 e. The van der Waals surface area contributed by atoms with E-state index in [0.29, 0.717) is 9.79 Å². The van der Waals surface area contributed by atoms with Crippen LogP contribution in [0.5, 0.6) is 0 Å². The highest BCUT2D eigenvalue weighted by Gasteiger charge is 2.11. The Morgan fingerprint density at radius 1 is 0.733 bits per heavy atom. The Morgan fingerprint density at radius 2 is 1.07 bits per heavy atom. The Labute approximate surface area is 89.6 Å². The lowest BCUT2D eigenvalue weighted by molar-refractivity contribution is 0.674. The van der Waals surface area contributed by atoms with Crippen LogP contribution in [0.25, 0.3) is 0 Å². The van der Waals surface area contributed by atoms with Gasteiger partial charge in [0.05, 0.1) is 9.79 Å². The Kier molecular flexibility index (Phi) is 2.56. The topological polar surface area (TPSA) is 40.9 Å². The molecule has 1 N–H and O–H groups in total. The predicted molar refractivity (Wildman–Crippen MR) is 60.3 cm³/mol. The number of benzene rings is 2. The van der Waals surface area contributed by atoms with Crippen LogP contribution in [-0.4, -0.2) is 4.21 Å². The minimum Gasteiger partial charge on any atom is -0.245 e. The van der Waals surface area contributed by atoms with Gasteiger partial charge in [-0.25, -0.2) is 8.99 Å². The van der Waals surface area contributed by atoms with Crippen LogP contribution < -0.4 is 0 Å². The lowest BCUT2D eigenvalue weighted by atomic mass is 10.4. The van der Waals surface area contributed by atoms with Gasteiger partial charge in [0.1, 0.15) is 9.73 Å². The van der Waals surface area contributed by atoms with Crippen molar-refractivity contribution in [2.75, 3.05) is 0 Å². The molecule has 0 atom stereocenters. The second kappa shape index (κ2) is 3.87. The third-order valence-electron chi connectivity index (χ3n) is 2.15. The molecule has 0 unspecified atom stereocenters. The number of rotatable bonds is 2. The summed E-state index contributed by atoms with van der Waals surface area (Å²) in [5.41, 5.74) is 0. The Balaban J connectivity index is 2.55. The molecular formula is C12H11NOS. The fourth-order valence-corrected chi connectivity index (χ4v) is 2.71. The number of hydrogen-bond acceptors (Lipinski definition) is 2. The molecule has 76 valence electrons. The predicted octanol–water partition coefficient (Wildman–Crippen LogP) is 3.15. The summed E-state index contributed by atoms with van der Waals surface area (Å²) >= 11 is 0. The van der Waals surface area contributed by atoms with Gasteiger partial charge in [-0.3, -0.25) is 0 Å². The van der Waals surface area contributed by atoms with Gasteiger partial charge in [-0.15, -0.1) is 0 Å². The average Bonchev–Trinajstić information content (AvgIpc) is 2.31. The molecule has 2 rings (SSSR count). The van der Waals surface area contributed by atoms with Crippen molar-refractivity contribution in [1.29, 1.82) is 4.78 Å². The maximum atomic E-state index is 12.3. The van der Waals surface area contributed by atoms with Gasteiger partial charge in [0.15, 0.2) is 0 Å². The molecular weight excluding hydrogens is 206 g/mol. The van der Waals surface area contributed by atoms with Gasteiger partial charge in [0.25, 0.3) is 0 Å². The van der Waals surface area contributed by atoms with E-state index in [0.717, 1.165) is 0 Å². The summed E-state index contributed by atoms with van der Waals surface area (Å²) in [5, 5.41) is 0. The van der Waals surface area contributed by atoms with E-state index >= 15 is 0 Å². The van der Waals surface area contributed by atoms with Crippen LogP contribution in [0.3, 0.4) is 0 Å². The van der Waals surface area contributed by atoms with Crippen molar-refractivity contribution in [2.45, 2.75) is 9.79 Å². The van der Waals surface area contributed by atoms with Crippen LogP contribution >= 0.6 is 0 Å². The zero-order valence-electron chi connectivity index (χ0n) is 8.09. The van der Waals surface area contributed by atoms with E-state index in [-0.39, 0.29) is 0 Å². The van der Waals surface area contributed by atoms with Gasteiger partial charge >= 0.3 is 0 Å². The molecule has 0 bridgehead atoms. The van der Waals surface area contributed by atoms with E-state index in [2.05, 4.69) is 0 Å². The first-order valence-electron chi connectivity index (χ1n) is 4.60. The lowest BCUT2D eigenvalue weighted by Gasteiger charge is -2.06. The molecule has 0 heterocycles. The van der Waals surface area contributed by atoms with Gasteiger partial charge in [0, 0.05) is 0 Å². The first-order chi connectivity index (χ1) is 7.21. The molecule has 0 aliphatic carbocycles. The number of nitrogens with one attached hydrogen (secondary N) is 1. The summed E-state index contributed by atoms with van der Waals surface area (Å²) in [5.74, 6) is 0. The van der Waals surface area contributed by atoms with Crippen LogP contribution in [0.2, 0.25) is 0 Å². The highest BCUT2D eigenvalue weighted by atomic mass is 32.2. The summed E-state index contributed by atoms with van der Waals surface area (Å²) in [6.07, 6.45) is 0. The van der Waals surface area contributed by atoms with Crippen molar-refractivity contribution < 1.29 is 4.21 Å². The SMILES string of the molecule is N=S(=O)(c1ccccc1)c1ccccc1. The second-order valence-electron chi connectivity index (χ2n) is 3.18. The normalized spacial score (nSPS) is 11.2. The Bertz CT molecular complexity index is 487. The minimum atomic E-state index is -2.84. The maximum absolute atomic E-state index is 12.3. The first-order valence-corrected chi connectivity index (χ1v) is 6.16. The highest BCUT2D eigenvalue weighted by Crippen LogP contribution is 2.20. The molecule has 0 spiro atoms. The van der Waals surface area contributed by atoms with E-state index in [1.807, 2.05) is 12.1 Å². The lowest BCUT2D eigenvalue weighted by Crippen LogP contribution is -1.98. The summed E-state index contributed by atoms with van der Waals surface area (Å²) in [6.45, 7) is 0. The molecule has 0 saturated carbocycles. The number of hydrogen-bond donors (Lipinski definition) is 1. The van der Waals surface area contributed by atoms with E-state index in [9.17, 15) is 4.21 Å². The zero-order chi connectivity index (χ0) is 10.7. The van der Waals surface area contributed by atoms with E-state index in [4.69, 9.17) is 4.78 Å². The summed E-state index contributed by atoms with van der Waals surface area (Å²) in [6, 6.07) is 17.8. The van der Waals surface area contributed by atoms with Gasteiger partial charge in [-0.2, -0.15) is 0 Å². The molecule has 0 amide bonds. The summed E-state index contributed by atoms with van der Waals surface area (Å²) < 4.78 is 20.2. The van der Waals surface area contributed by atoms with Crippen LogP contribution in [0.4, 0.5) is 0 Å². The summed E-state index contributed by atoms with van der Waals surface area (Å²) in [7, 11) is -2.84. The van der Waals surface area contributed by atoms with E-state index in [1.54, 1.807) is 48.5 Å². The Hall–Kier alpha value is -1.61. The quantitative estimate of drug-likeness (QED) is 0.824. The summed E-state index contributed by atoms with van der Waals surface area (Å²) in [4.78, 5) is 1.10. The van der Waals surface area contributed by atoms with Gasteiger partial charge in [0.2, 0.25) is 0 Å². The van der Waals surface area contributed by atoms with Gasteiger partial charge in [-0.05, 0) is 24.3 Å². The third-order valence-corrected chi connectivity index (χ3v) is 4.02. The van der Waals surface area contributed by atoms with Crippen molar-refractivity contribution >= 4 is 9.73 Å². The minimum absolute atomic E-state index is 0.552. The van der Waals surface area contributed by atoms with Gasteiger partial charge < -0.3 is 0 Å². The molecule has 2 aromatic rings. The van der Waals surface area contributed by atoms with Crippen molar-refractivity contribution in [3.63, 3.8) is 0 Å². The molecule has 0 aromatic heterocycles. The monoisotopic (exact) mass is 217 g/mol. The van der Waals surface area contributed by atoms with Crippen molar-refractivity contribution in [3.8, 4) is 0 Å². The zero-order valence-corrected chi connectivity index (χ0v) is 8.91. The van der Waals surface area contributed by atoms with Crippen LogP contribution in [0, 0.1) is 4.78 Å².